The van der Waals surface area contributed by atoms with Crippen molar-refractivity contribution in [2.45, 2.75) is 32.3 Å². The quantitative estimate of drug-likeness (QED) is 0.639. The first-order valence-corrected chi connectivity index (χ1v) is 7.01. The molecule has 1 aliphatic heterocycles. The van der Waals surface area contributed by atoms with Crippen LogP contribution in [0.2, 0.25) is 0 Å². The molecule has 0 bridgehead atoms. The second-order valence-corrected chi connectivity index (χ2v) is 4.75. The van der Waals surface area contributed by atoms with E-state index >= 15 is 0 Å². The fourth-order valence-electron chi connectivity index (χ4n) is 2.20. The third-order valence-electron chi connectivity index (χ3n) is 3.24. The van der Waals surface area contributed by atoms with Gasteiger partial charge in [0.15, 0.2) is 0 Å². The van der Waals surface area contributed by atoms with E-state index in [0.29, 0.717) is 30.2 Å². The molecule has 0 radical (unpaired) electrons. The minimum Gasteiger partial charge on any atom is -0.492 e. The van der Waals surface area contributed by atoms with Crippen molar-refractivity contribution >= 4 is 11.7 Å². The van der Waals surface area contributed by atoms with Gasteiger partial charge < -0.3 is 19.9 Å². The molecule has 20 heavy (non-hydrogen) atoms. The van der Waals surface area contributed by atoms with Crippen LogP contribution in [0.15, 0.2) is 18.2 Å². The van der Waals surface area contributed by atoms with Gasteiger partial charge in [0.25, 0.3) is 0 Å². The fourth-order valence-corrected chi connectivity index (χ4v) is 2.20. The summed E-state index contributed by atoms with van der Waals surface area (Å²) in [5.41, 5.74) is 6.71. The lowest BCUT2D eigenvalue weighted by Crippen LogP contribution is -2.13. The molecule has 1 aliphatic rings. The highest BCUT2D eigenvalue weighted by Gasteiger charge is 2.16. The van der Waals surface area contributed by atoms with Crippen molar-refractivity contribution in [1.29, 1.82) is 0 Å². The lowest BCUT2D eigenvalue weighted by molar-refractivity contribution is 0.0386. The van der Waals surface area contributed by atoms with Crippen molar-refractivity contribution in [2.24, 2.45) is 0 Å². The van der Waals surface area contributed by atoms with Crippen LogP contribution in [0.3, 0.4) is 0 Å². The number of nitrogens with two attached hydrogens (primary N) is 1. The predicted octanol–water partition coefficient (Wildman–Crippen LogP) is 2.39. The molecule has 110 valence electrons. The molecule has 1 fully saturated rings. The first-order valence-electron chi connectivity index (χ1n) is 7.01. The van der Waals surface area contributed by atoms with E-state index in [1.807, 2.05) is 6.92 Å². The number of carbonyl (C=O) groups is 1. The summed E-state index contributed by atoms with van der Waals surface area (Å²) >= 11 is 0. The molecule has 5 nitrogen and oxygen atoms in total. The normalized spacial score (nSPS) is 17.9. The molecule has 0 amide bonds. The zero-order chi connectivity index (χ0) is 14.4. The summed E-state index contributed by atoms with van der Waals surface area (Å²) in [7, 11) is 0. The lowest BCUT2D eigenvalue weighted by atomic mass is 10.2. The average Bonchev–Trinajstić information content (AvgIpc) is 2.94. The van der Waals surface area contributed by atoms with E-state index in [-0.39, 0.29) is 12.1 Å². The van der Waals surface area contributed by atoms with Crippen molar-refractivity contribution in [3.05, 3.63) is 23.8 Å². The molecule has 5 heteroatoms. The van der Waals surface area contributed by atoms with E-state index in [2.05, 4.69) is 0 Å². The first kappa shape index (κ1) is 14.7. The van der Waals surface area contributed by atoms with E-state index in [0.717, 1.165) is 25.9 Å². The van der Waals surface area contributed by atoms with Crippen LogP contribution in [0.5, 0.6) is 5.75 Å². The predicted molar refractivity (Wildman–Crippen MR) is 75.9 cm³/mol. The van der Waals surface area contributed by atoms with Gasteiger partial charge in [0.1, 0.15) is 5.75 Å². The number of carbonyl (C=O) groups excluding carboxylic acids is 1. The molecule has 1 aromatic rings. The fraction of sp³-hybridized carbons (Fsp3) is 0.533. The van der Waals surface area contributed by atoms with Crippen LogP contribution in [0.25, 0.3) is 0 Å². The van der Waals surface area contributed by atoms with E-state index in [4.69, 9.17) is 19.9 Å². The second-order valence-electron chi connectivity index (χ2n) is 4.75. The molecule has 2 rings (SSSR count). The number of esters is 1. The summed E-state index contributed by atoms with van der Waals surface area (Å²) < 4.78 is 16.0. The molecule has 1 heterocycles. The van der Waals surface area contributed by atoms with E-state index in [1.165, 1.54) is 0 Å². The molecule has 0 spiro atoms. The van der Waals surface area contributed by atoms with Crippen LogP contribution in [-0.2, 0) is 9.47 Å². The number of nitrogen functional groups attached to an aromatic ring is 1. The highest BCUT2D eigenvalue weighted by molar-refractivity contribution is 5.91. The Hall–Kier alpha value is -1.75. The van der Waals surface area contributed by atoms with Crippen molar-refractivity contribution in [2.75, 3.05) is 25.6 Å². The summed E-state index contributed by atoms with van der Waals surface area (Å²) in [6.07, 6.45) is 3.12. The van der Waals surface area contributed by atoms with Crippen LogP contribution < -0.4 is 10.5 Å². The van der Waals surface area contributed by atoms with Crippen LogP contribution >= 0.6 is 0 Å². The number of hydrogen-bond acceptors (Lipinski definition) is 5. The maximum absolute atomic E-state index is 11.9. The molecular formula is C15H21NO4. The minimum absolute atomic E-state index is 0.230. The van der Waals surface area contributed by atoms with Gasteiger partial charge >= 0.3 is 5.97 Å². The highest BCUT2D eigenvalue weighted by atomic mass is 16.5. The Balaban J connectivity index is 1.83. The van der Waals surface area contributed by atoms with Crippen molar-refractivity contribution in [3.8, 4) is 5.75 Å². The van der Waals surface area contributed by atoms with Crippen LogP contribution in [0.1, 0.15) is 36.5 Å². The molecule has 0 aliphatic carbocycles. The summed E-state index contributed by atoms with van der Waals surface area (Å²) in [4.78, 5) is 11.9. The highest BCUT2D eigenvalue weighted by Crippen LogP contribution is 2.23. The largest absolute Gasteiger partial charge is 0.492 e. The Morgan fingerprint density at radius 1 is 1.50 bits per heavy atom. The molecule has 0 saturated carbocycles. The zero-order valence-corrected chi connectivity index (χ0v) is 11.8. The Kier molecular flexibility index (Phi) is 5.24. The summed E-state index contributed by atoms with van der Waals surface area (Å²) in [5.74, 6) is 0.223. The SMILES string of the molecule is CCOc1ccc(C(=O)OCCC2CCCO2)cc1N. The Bertz CT molecular complexity index is 455. The molecule has 1 saturated heterocycles. The van der Waals surface area contributed by atoms with Gasteiger partial charge in [-0.25, -0.2) is 4.79 Å². The van der Waals surface area contributed by atoms with E-state index in [9.17, 15) is 4.79 Å². The zero-order valence-electron chi connectivity index (χ0n) is 11.8. The van der Waals surface area contributed by atoms with Gasteiger partial charge in [0.2, 0.25) is 0 Å². The van der Waals surface area contributed by atoms with Gasteiger partial charge in [-0.3, -0.25) is 0 Å². The number of hydrogen-bond donors (Lipinski definition) is 1. The minimum atomic E-state index is -0.363. The van der Waals surface area contributed by atoms with Crippen LogP contribution in [-0.4, -0.2) is 31.9 Å². The third kappa shape index (κ3) is 3.87. The maximum atomic E-state index is 11.9. The number of benzene rings is 1. The number of ether oxygens (including phenoxy) is 3. The smallest absolute Gasteiger partial charge is 0.338 e. The second kappa shape index (κ2) is 7.14. The number of anilines is 1. The van der Waals surface area contributed by atoms with Crippen LogP contribution in [0, 0.1) is 0 Å². The van der Waals surface area contributed by atoms with E-state index < -0.39 is 0 Å². The standard InChI is InChI=1S/C15H21NO4/c1-2-18-14-6-5-11(10-13(14)16)15(17)20-9-7-12-4-3-8-19-12/h5-6,10,12H,2-4,7-9,16H2,1H3. The van der Waals surface area contributed by atoms with Crippen LogP contribution in [0.4, 0.5) is 5.69 Å². The van der Waals surface area contributed by atoms with Gasteiger partial charge in [0, 0.05) is 13.0 Å². The summed E-state index contributed by atoms with van der Waals surface area (Å²) in [6, 6.07) is 4.94. The van der Waals surface area contributed by atoms with Crippen molar-refractivity contribution in [1.82, 2.24) is 0 Å². The van der Waals surface area contributed by atoms with E-state index in [1.54, 1.807) is 18.2 Å². The Morgan fingerprint density at radius 3 is 3.00 bits per heavy atom. The summed E-state index contributed by atoms with van der Waals surface area (Å²) in [6.45, 7) is 3.60. The molecular weight excluding hydrogens is 258 g/mol. The summed E-state index contributed by atoms with van der Waals surface area (Å²) in [5, 5.41) is 0. The average molecular weight is 279 g/mol. The number of rotatable bonds is 6. The van der Waals surface area contributed by atoms with Gasteiger partial charge in [0.05, 0.1) is 30.6 Å². The van der Waals surface area contributed by atoms with Crippen molar-refractivity contribution < 1.29 is 19.0 Å². The molecule has 1 atom stereocenters. The third-order valence-corrected chi connectivity index (χ3v) is 3.24. The maximum Gasteiger partial charge on any atom is 0.338 e. The molecule has 2 N–H and O–H groups in total. The molecule has 1 unspecified atom stereocenters. The lowest BCUT2D eigenvalue weighted by Gasteiger charge is -2.11. The Morgan fingerprint density at radius 2 is 2.35 bits per heavy atom. The first-order chi connectivity index (χ1) is 9.70. The van der Waals surface area contributed by atoms with Gasteiger partial charge in [-0.2, -0.15) is 0 Å². The van der Waals surface area contributed by atoms with Gasteiger partial charge in [-0.1, -0.05) is 0 Å². The Labute approximate surface area is 119 Å². The molecule has 1 aromatic carbocycles. The monoisotopic (exact) mass is 279 g/mol. The van der Waals surface area contributed by atoms with Crippen molar-refractivity contribution in [3.63, 3.8) is 0 Å². The van der Waals surface area contributed by atoms with Gasteiger partial charge in [-0.05, 0) is 38.0 Å². The topological polar surface area (TPSA) is 70.8 Å². The molecule has 0 aromatic heterocycles. The van der Waals surface area contributed by atoms with Gasteiger partial charge in [-0.15, -0.1) is 0 Å².